The van der Waals surface area contributed by atoms with Gasteiger partial charge in [0.1, 0.15) is 0 Å². The Balaban J connectivity index is 2.42. The molecular weight excluding hydrogens is 338 g/mol. The molecule has 0 aromatic rings. The molecule has 0 unspecified atom stereocenters. The summed E-state index contributed by atoms with van der Waals surface area (Å²) in [6.45, 7) is 1.63. The van der Waals surface area contributed by atoms with Crippen LogP contribution in [0.2, 0.25) is 0 Å². The van der Waals surface area contributed by atoms with Gasteiger partial charge in [-0.15, -0.1) is 0 Å². The molecule has 0 bridgehead atoms. The molecule has 23 heavy (non-hydrogen) atoms. The van der Waals surface area contributed by atoms with Crippen molar-refractivity contribution in [3.05, 3.63) is 12.2 Å². The van der Waals surface area contributed by atoms with E-state index in [0.29, 0.717) is 0 Å². The van der Waals surface area contributed by atoms with Crippen molar-refractivity contribution < 1.29 is 50.1 Å². The summed E-state index contributed by atoms with van der Waals surface area (Å²) < 4.78 is 85.5. The second-order valence-corrected chi connectivity index (χ2v) is 4.64. The molecule has 0 N–H and O–H groups in total. The van der Waals surface area contributed by atoms with Gasteiger partial charge in [0.15, 0.2) is 6.61 Å². The summed E-state index contributed by atoms with van der Waals surface area (Å²) in [6.07, 6.45) is -14.3. The minimum absolute atomic E-state index is 0.0103. The first-order chi connectivity index (χ1) is 10.4. The highest BCUT2D eigenvalue weighted by Crippen LogP contribution is 2.35. The van der Waals surface area contributed by atoms with E-state index in [-0.39, 0.29) is 18.3 Å². The van der Waals surface area contributed by atoms with Crippen LogP contribution in [0.5, 0.6) is 0 Å². The number of hydrogen-bond acceptors (Lipinski definition) is 5. The van der Waals surface area contributed by atoms with Crippen LogP contribution in [0.3, 0.4) is 0 Å². The molecule has 5 nitrogen and oxygen atoms in total. The first-order valence-electron chi connectivity index (χ1n) is 6.20. The largest absolute Gasteiger partial charge is 0.450 e. The normalized spacial score (nSPS) is 15.4. The number of carbonyl (C=O) groups is 2. The van der Waals surface area contributed by atoms with E-state index in [0.717, 1.165) is 12.8 Å². The molecular formula is C12H12F6O5. The summed E-state index contributed by atoms with van der Waals surface area (Å²) >= 11 is 0. The van der Waals surface area contributed by atoms with E-state index in [9.17, 15) is 35.9 Å². The fraction of sp³-hybridized carbons (Fsp3) is 0.667. The summed E-state index contributed by atoms with van der Waals surface area (Å²) in [4.78, 5) is 22.3. The van der Waals surface area contributed by atoms with Gasteiger partial charge in [0.05, 0.1) is 18.3 Å². The topological polar surface area (TPSA) is 61.8 Å². The van der Waals surface area contributed by atoms with Crippen molar-refractivity contribution >= 4 is 11.9 Å². The zero-order chi connectivity index (χ0) is 17.8. The molecule has 1 saturated carbocycles. The zero-order valence-electron chi connectivity index (χ0n) is 11.5. The Morgan fingerprint density at radius 2 is 1.57 bits per heavy atom. The highest BCUT2D eigenvalue weighted by atomic mass is 19.4. The minimum atomic E-state index is -5.83. The fourth-order valence-electron chi connectivity index (χ4n) is 1.22. The molecule has 0 radical (unpaired) electrons. The maximum Gasteiger partial charge on any atom is 0.434 e. The second kappa shape index (κ2) is 7.20. The molecule has 0 atom stereocenters. The van der Waals surface area contributed by atoms with Crippen LogP contribution < -0.4 is 0 Å². The third-order valence-corrected chi connectivity index (χ3v) is 2.47. The first kappa shape index (κ1) is 19.3. The summed E-state index contributed by atoms with van der Waals surface area (Å²) in [6, 6.07) is 0. The summed E-state index contributed by atoms with van der Waals surface area (Å²) in [5.41, 5.74) is -0.229. The number of halogens is 6. The van der Waals surface area contributed by atoms with Crippen LogP contribution in [0.4, 0.5) is 26.3 Å². The van der Waals surface area contributed by atoms with Gasteiger partial charge >= 0.3 is 24.3 Å². The summed E-state index contributed by atoms with van der Waals surface area (Å²) in [7, 11) is 0. The Bertz CT molecular complexity index is 452. The van der Waals surface area contributed by atoms with Crippen molar-refractivity contribution in [2.24, 2.45) is 0 Å². The molecule has 132 valence electrons. The van der Waals surface area contributed by atoms with Crippen LogP contribution in [-0.2, 0) is 23.8 Å². The lowest BCUT2D eigenvalue weighted by atomic mass is 10.3. The average molecular weight is 350 g/mol. The standard InChI is InChI=1S/C12H12F6O5/c1-6(4-21-7-2-3-7)9(20)22-5-8(19)23-10(11(13,14)15)12(16,17)18/h7,10H,1-5H2. The minimum Gasteiger partial charge on any atom is -0.450 e. The lowest BCUT2D eigenvalue weighted by Gasteiger charge is -2.22. The van der Waals surface area contributed by atoms with Crippen molar-refractivity contribution in [2.45, 2.75) is 37.4 Å². The maximum absolute atomic E-state index is 12.1. The molecule has 0 aromatic heterocycles. The lowest BCUT2D eigenvalue weighted by molar-refractivity contribution is -0.313. The van der Waals surface area contributed by atoms with Gasteiger partial charge in [-0.25, -0.2) is 9.59 Å². The van der Waals surface area contributed by atoms with Gasteiger partial charge in [-0.05, 0) is 12.8 Å². The van der Waals surface area contributed by atoms with Crippen molar-refractivity contribution in [3.63, 3.8) is 0 Å². The monoisotopic (exact) mass is 350 g/mol. The quantitative estimate of drug-likeness (QED) is 0.401. The van der Waals surface area contributed by atoms with Crippen molar-refractivity contribution in [1.29, 1.82) is 0 Å². The highest BCUT2D eigenvalue weighted by Gasteiger charge is 2.59. The SMILES string of the molecule is C=C(COC1CC1)C(=O)OCC(=O)OC(C(F)(F)F)C(F)(F)F. The lowest BCUT2D eigenvalue weighted by Crippen LogP contribution is -2.46. The Kier molecular flexibility index (Phi) is 6.03. The van der Waals surface area contributed by atoms with Crippen LogP contribution in [0.1, 0.15) is 12.8 Å². The molecule has 0 heterocycles. The predicted molar refractivity (Wildman–Crippen MR) is 61.1 cm³/mol. The molecule has 11 heteroatoms. The van der Waals surface area contributed by atoms with Gasteiger partial charge in [-0.2, -0.15) is 26.3 Å². The highest BCUT2D eigenvalue weighted by molar-refractivity contribution is 5.89. The molecule has 0 amide bonds. The number of esters is 2. The smallest absolute Gasteiger partial charge is 0.434 e. The Morgan fingerprint density at radius 1 is 1.04 bits per heavy atom. The van der Waals surface area contributed by atoms with E-state index in [1.165, 1.54) is 0 Å². The molecule has 0 spiro atoms. The number of carbonyl (C=O) groups excluding carboxylic acids is 2. The number of rotatable bonds is 7. The van der Waals surface area contributed by atoms with Crippen LogP contribution in [-0.4, -0.2) is 49.7 Å². The molecule has 0 saturated heterocycles. The van der Waals surface area contributed by atoms with Gasteiger partial charge in [-0.1, -0.05) is 6.58 Å². The Morgan fingerprint density at radius 3 is 2.00 bits per heavy atom. The third kappa shape index (κ3) is 6.89. The van der Waals surface area contributed by atoms with E-state index in [1.54, 1.807) is 0 Å². The molecule has 0 aromatic carbocycles. The van der Waals surface area contributed by atoms with Crippen molar-refractivity contribution in [1.82, 2.24) is 0 Å². The molecule has 1 aliphatic rings. The Hall–Kier alpha value is -1.78. The van der Waals surface area contributed by atoms with E-state index in [1.807, 2.05) is 0 Å². The molecule has 1 rings (SSSR count). The number of hydrogen-bond donors (Lipinski definition) is 0. The van der Waals surface area contributed by atoms with Gasteiger partial charge < -0.3 is 14.2 Å². The van der Waals surface area contributed by atoms with E-state index >= 15 is 0 Å². The predicted octanol–water partition coefficient (Wildman–Crippen LogP) is 2.30. The summed E-state index contributed by atoms with van der Waals surface area (Å²) in [5.74, 6) is -3.17. The van der Waals surface area contributed by atoms with E-state index in [4.69, 9.17) is 4.74 Å². The van der Waals surface area contributed by atoms with Crippen LogP contribution in [0.15, 0.2) is 12.2 Å². The van der Waals surface area contributed by atoms with E-state index in [2.05, 4.69) is 16.1 Å². The zero-order valence-corrected chi connectivity index (χ0v) is 11.5. The Labute approximate surface area is 126 Å². The van der Waals surface area contributed by atoms with Gasteiger partial charge in [0.25, 0.3) is 6.10 Å². The third-order valence-electron chi connectivity index (χ3n) is 2.47. The van der Waals surface area contributed by atoms with Gasteiger partial charge in [0, 0.05) is 0 Å². The number of ether oxygens (including phenoxy) is 3. The van der Waals surface area contributed by atoms with Crippen molar-refractivity contribution in [2.75, 3.05) is 13.2 Å². The first-order valence-corrected chi connectivity index (χ1v) is 6.20. The number of alkyl halides is 6. The molecule has 1 aliphatic carbocycles. The van der Waals surface area contributed by atoms with Crippen LogP contribution in [0, 0.1) is 0 Å². The van der Waals surface area contributed by atoms with Gasteiger partial charge in [0.2, 0.25) is 0 Å². The van der Waals surface area contributed by atoms with E-state index < -0.39 is 37.0 Å². The van der Waals surface area contributed by atoms with Crippen molar-refractivity contribution in [3.8, 4) is 0 Å². The van der Waals surface area contributed by atoms with Crippen LogP contribution in [0.25, 0.3) is 0 Å². The second-order valence-electron chi connectivity index (χ2n) is 4.64. The maximum atomic E-state index is 12.1. The molecule has 1 fully saturated rings. The fourth-order valence-corrected chi connectivity index (χ4v) is 1.22. The molecule has 0 aliphatic heterocycles. The average Bonchev–Trinajstić information content (AvgIpc) is 3.20. The summed E-state index contributed by atoms with van der Waals surface area (Å²) in [5, 5.41) is 0. The van der Waals surface area contributed by atoms with Gasteiger partial charge in [-0.3, -0.25) is 0 Å². The van der Waals surface area contributed by atoms with Crippen LogP contribution >= 0.6 is 0 Å².